The van der Waals surface area contributed by atoms with Crippen molar-refractivity contribution in [3.05, 3.63) is 71.5 Å². The maximum Gasteiger partial charge on any atom is 0.154 e. The van der Waals surface area contributed by atoms with Crippen molar-refractivity contribution in [3.63, 3.8) is 0 Å². The Labute approximate surface area is 124 Å². The van der Waals surface area contributed by atoms with Crippen molar-refractivity contribution in [2.24, 2.45) is 0 Å². The van der Waals surface area contributed by atoms with Gasteiger partial charge in [-0.05, 0) is 19.4 Å². The zero-order chi connectivity index (χ0) is 14.8. The summed E-state index contributed by atoms with van der Waals surface area (Å²) in [5.41, 5.74) is 4.65. The summed E-state index contributed by atoms with van der Waals surface area (Å²) < 4.78 is 5.88. The first-order chi connectivity index (χ1) is 10.2. The number of aldehydes is 1. The smallest absolute Gasteiger partial charge is 0.154 e. The van der Waals surface area contributed by atoms with Crippen molar-refractivity contribution in [3.8, 4) is 22.5 Å². The second kappa shape index (κ2) is 5.41. The molecular formula is C19H16O2. The normalized spacial score (nSPS) is 10.6. The van der Waals surface area contributed by atoms with Gasteiger partial charge in [-0.2, -0.15) is 0 Å². The highest BCUT2D eigenvalue weighted by molar-refractivity contribution is 5.95. The summed E-state index contributed by atoms with van der Waals surface area (Å²) in [7, 11) is 0. The van der Waals surface area contributed by atoms with E-state index in [1.54, 1.807) is 0 Å². The predicted octanol–water partition coefficient (Wildman–Crippen LogP) is 5.04. The standard InChI is InChI=1S/C19H16O2/c1-13-8-10-15(11-9-13)18-17(12-20)14(2)21-19(18)16-6-4-3-5-7-16/h3-12H,1-2H3. The average Bonchev–Trinajstić information content (AvgIpc) is 2.85. The quantitative estimate of drug-likeness (QED) is 0.627. The molecule has 0 radical (unpaired) electrons. The molecule has 3 aromatic rings. The van der Waals surface area contributed by atoms with Crippen LogP contribution in [0.3, 0.4) is 0 Å². The molecule has 0 aliphatic carbocycles. The molecule has 2 heteroatoms. The fraction of sp³-hybridized carbons (Fsp3) is 0.105. The summed E-state index contributed by atoms with van der Waals surface area (Å²) >= 11 is 0. The molecule has 104 valence electrons. The Morgan fingerprint density at radius 1 is 0.857 bits per heavy atom. The number of carbonyl (C=O) groups is 1. The van der Waals surface area contributed by atoms with Crippen molar-refractivity contribution in [2.75, 3.05) is 0 Å². The Kier molecular flexibility index (Phi) is 3.44. The number of carbonyl (C=O) groups excluding carboxylic acids is 1. The topological polar surface area (TPSA) is 30.2 Å². The minimum Gasteiger partial charge on any atom is -0.460 e. The van der Waals surface area contributed by atoms with Gasteiger partial charge in [-0.3, -0.25) is 4.79 Å². The molecule has 21 heavy (non-hydrogen) atoms. The van der Waals surface area contributed by atoms with Gasteiger partial charge in [0.1, 0.15) is 11.5 Å². The van der Waals surface area contributed by atoms with E-state index in [2.05, 4.69) is 0 Å². The van der Waals surface area contributed by atoms with Crippen LogP contribution < -0.4 is 0 Å². The van der Waals surface area contributed by atoms with E-state index in [0.29, 0.717) is 11.3 Å². The fourth-order valence-electron chi connectivity index (χ4n) is 2.50. The Hall–Kier alpha value is -2.61. The fourth-order valence-corrected chi connectivity index (χ4v) is 2.50. The monoisotopic (exact) mass is 276 g/mol. The summed E-state index contributed by atoms with van der Waals surface area (Å²) in [5.74, 6) is 1.40. The van der Waals surface area contributed by atoms with Gasteiger partial charge in [-0.15, -0.1) is 0 Å². The Morgan fingerprint density at radius 3 is 2.14 bits per heavy atom. The summed E-state index contributed by atoms with van der Waals surface area (Å²) in [6.07, 6.45) is 0.875. The molecule has 3 rings (SSSR count). The molecule has 0 bridgehead atoms. The van der Waals surface area contributed by atoms with Gasteiger partial charge in [0, 0.05) is 11.1 Å². The molecule has 0 unspecified atom stereocenters. The molecule has 0 spiro atoms. The summed E-state index contributed by atoms with van der Waals surface area (Å²) in [5, 5.41) is 0. The van der Waals surface area contributed by atoms with Crippen molar-refractivity contribution in [1.29, 1.82) is 0 Å². The molecule has 0 aliphatic heterocycles. The molecule has 0 N–H and O–H groups in total. The van der Waals surface area contributed by atoms with Gasteiger partial charge in [0.05, 0.1) is 5.56 Å². The number of benzene rings is 2. The first-order valence-electron chi connectivity index (χ1n) is 6.91. The largest absolute Gasteiger partial charge is 0.460 e. The van der Waals surface area contributed by atoms with E-state index in [-0.39, 0.29) is 0 Å². The third kappa shape index (κ3) is 2.40. The van der Waals surface area contributed by atoms with Gasteiger partial charge in [0.25, 0.3) is 0 Å². The lowest BCUT2D eigenvalue weighted by molar-refractivity contribution is 0.112. The lowest BCUT2D eigenvalue weighted by Gasteiger charge is -2.05. The van der Waals surface area contributed by atoms with Crippen LogP contribution in [-0.4, -0.2) is 6.29 Å². The zero-order valence-corrected chi connectivity index (χ0v) is 12.1. The second-order valence-electron chi connectivity index (χ2n) is 5.13. The summed E-state index contributed by atoms with van der Waals surface area (Å²) in [4.78, 5) is 11.5. The number of aryl methyl sites for hydroxylation is 2. The Morgan fingerprint density at radius 2 is 1.52 bits per heavy atom. The highest BCUT2D eigenvalue weighted by atomic mass is 16.3. The van der Waals surface area contributed by atoms with Gasteiger partial charge >= 0.3 is 0 Å². The maximum atomic E-state index is 11.5. The molecule has 0 aliphatic rings. The van der Waals surface area contributed by atoms with Crippen LogP contribution >= 0.6 is 0 Å². The molecule has 0 atom stereocenters. The number of furan rings is 1. The van der Waals surface area contributed by atoms with E-state index < -0.39 is 0 Å². The van der Waals surface area contributed by atoms with Crippen LogP contribution in [0.25, 0.3) is 22.5 Å². The van der Waals surface area contributed by atoms with Crippen LogP contribution in [-0.2, 0) is 0 Å². The molecule has 0 saturated heterocycles. The van der Waals surface area contributed by atoms with Crippen LogP contribution in [0.2, 0.25) is 0 Å². The number of hydrogen-bond donors (Lipinski definition) is 0. The molecule has 0 fully saturated rings. The maximum absolute atomic E-state index is 11.5. The van der Waals surface area contributed by atoms with Gasteiger partial charge in [-0.1, -0.05) is 60.2 Å². The van der Waals surface area contributed by atoms with Crippen LogP contribution in [0, 0.1) is 13.8 Å². The van der Waals surface area contributed by atoms with E-state index >= 15 is 0 Å². The molecule has 1 aromatic heterocycles. The Bertz CT molecular complexity index is 765. The average molecular weight is 276 g/mol. The predicted molar refractivity (Wildman–Crippen MR) is 84.4 cm³/mol. The van der Waals surface area contributed by atoms with Crippen LogP contribution in [0.4, 0.5) is 0 Å². The van der Waals surface area contributed by atoms with Crippen molar-refractivity contribution in [1.82, 2.24) is 0 Å². The van der Waals surface area contributed by atoms with E-state index in [1.807, 2.05) is 68.4 Å². The van der Waals surface area contributed by atoms with Gasteiger partial charge in [-0.25, -0.2) is 0 Å². The lowest BCUT2D eigenvalue weighted by atomic mass is 9.97. The van der Waals surface area contributed by atoms with Crippen molar-refractivity contribution in [2.45, 2.75) is 13.8 Å². The third-order valence-corrected chi connectivity index (χ3v) is 3.62. The van der Waals surface area contributed by atoms with E-state index in [1.165, 1.54) is 5.56 Å². The highest BCUT2D eigenvalue weighted by Gasteiger charge is 2.19. The number of hydrogen-bond acceptors (Lipinski definition) is 2. The molecule has 0 amide bonds. The van der Waals surface area contributed by atoms with Gasteiger partial charge in [0.15, 0.2) is 6.29 Å². The highest BCUT2D eigenvalue weighted by Crippen LogP contribution is 2.38. The number of rotatable bonds is 3. The van der Waals surface area contributed by atoms with E-state index in [4.69, 9.17) is 4.42 Å². The molecular weight excluding hydrogens is 260 g/mol. The summed E-state index contributed by atoms with van der Waals surface area (Å²) in [6.45, 7) is 3.87. The van der Waals surface area contributed by atoms with E-state index in [9.17, 15) is 4.79 Å². The summed E-state index contributed by atoms with van der Waals surface area (Å²) in [6, 6.07) is 18.0. The zero-order valence-electron chi connectivity index (χ0n) is 12.1. The molecule has 2 nitrogen and oxygen atoms in total. The third-order valence-electron chi connectivity index (χ3n) is 3.62. The van der Waals surface area contributed by atoms with Crippen molar-refractivity contribution >= 4 is 6.29 Å². The van der Waals surface area contributed by atoms with Crippen LogP contribution in [0.5, 0.6) is 0 Å². The van der Waals surface area contributed by atoms with Gasteiger partial charge in [0.2, 0.25) is 0 Å². The van der Waals surface area contributed by atoms with Crippen LogP contribution in [0.15, 0.2) is 59.0 Å². The SMILES string of the molecule is Cc1ccc(-c2c(-c3ccccc3)oc(C)c2C=O)cc1. The van der Waals surface area contributed by atoms with E-state index in [0.717, 1.165) is 28.7 Å². The first-order valence-corrected chi connectivity index (χ1v) is 6.91. The molecule has 2 aromatic carbocycles. The molecule has 1 heterocycles. The first kappa shape index (κ1) is 13.4. The van der Waals surface area contributed by atoms with Crippen LogP contribution in [0.1, 0.15) is 21.7 Å². The minimum absolute atomic E-state index is 0.623. The lowest BCUT2D eigenvalue weighted by Crippen LogP contribution is -1.87. The molecule has 0 saturated carbocycles. The van der Waals surface area contributed by atoms with Crippen molar-refractivity contribution < 1.29 is 9.21 Å². The minimum atomic E-state index is 0.623. The Balaban J connectivity index is 2.27. The second-order valence-corrected chi connectivity index (χ2v) is 5.13. The van der Waals surface area contributed by atoms with Gasteiger partial charge < -0.3 is 4.42 Å².